The molecule has 0 aromatic heterocycles. The van der Waals surface area contributed by atoms with Crippen molar-refractivity contribution in [1.82, 2.24) is 0 Å². The van der Waals surface area contributed by atoms with Crippen molar-refractivity contribution in [3.8, 4) is 0 Å². The van der Waals surface area contributed by atoms with Crippen molar-refractivity contribution in [2.45, 2.75) is 17.7 Å². The van der Waals surface area contributed by atoms with Crippen molar-refractivity contribution in [1.29, 1.82) is 0 Å². The number of hydrogen-bond acceptors (Lipinski definition) is 3. The predicted molar refractivity (Wildman–Crippen MR) is 57.4 cm³/mol. The summed E-state index contributed by atoms with van der Waals surface area (Å²) in [6.45, 7) is 0. The van der Waals surface area contributed by atoms with Crippen molar-refractivity contribution < 1.29 is 8.42 Å². The van der Waals surface area contributed by atoms with E-state index in [4.69, 9.17) is 0 Å². The lowest BCUT2D eigenvalue weighted by Gasteiger charge is -2.17. The summed E-state index contributed by atoms with van der Waals surface area (Å²) in [7, 11) is -3.47. The second kappa shape index (κ2) is 2.82. The van der Waals surface area contributed by atoms with E-state index in [-0.39, 0.29) is 4.90 Å². The normalized spacial score (nSPS) is 22.5. The lowest BCUT2D eigenvalue weighted by molar-refractivity contribution is 0.597. The Hall–Kier alpha value is -1.36. The zero-order valence-corrected chi connectivity index (χ0v) is 8.79. The smallest absolute Gasteiger partial charge is 0.286 e. The fourth-order valence-electron chi connectivity index (χ4n) is 1.67. The summed E-state index contributed by atoms with van der Waals surface area (Å²) >= 11 is 0. The average Bonchev–Trinajstić information content (AvgIpc) is 2.99. The molecular formula is C10H10N2O2S. The highest BCUT2D eigenvalue weighted by atomic mass is 32.2. The van der Waals surface area contributed by atoms with Crippen LogP contribution in [0.1, 0.15) is 12.8 Å². The van der Waals surface area contributed by atoms with Gasteiger partial charge in [-0.25, -0.2) is 0 Å². The molecule has 0 spiro atoms. The third-order valence-corrected chi connectivity index (χ3v) is 3.96. The maximum Gasteiger partial charge on any atom is 0.286 e. The van der Waals surface area contributed by atoms with E-state index < -0.39 is 10.0 Å². The van der Waals surface area contributed by atoms with Crippen molar-refractivity contribution >= 4 is 21.5 Å². The van der Waals surface area contributed by atoms with Crippen molar-refractivity contribution in [2.24, 2.45) is 10.3 Å². The molecule has 1 aliphatic heterocycles. The number of rotatable bonds is 1. The van der Waals surface area contributed by atoms with Crippen LogP contribution in [0.3, 0.4) is 0 Å². The van der Waals surface area contributed by atoms with Gasteiger partial charge in [0.2, 0.25) is 0 Å². The fourth-order valence-corrected chi connectivity index (χ4v) is 2.87. The molecule has 1 heterocycles. The highest BCUT2D eigenvalue weighted by Crippen LogP contribution is 2.36. The van der Waals surface area contributed by atoms with Crippen LogP contribution in [0, 0.1) is 5.92 Å². The van der Waals surface area contributed by atoms with Crippen LogP contribution in [0.4, 0.5) is 5.69 Å². The Bertz CT molecular complexity index is 544. The topological polar surface area (TPSA) is 58.5 Å². The van der Waals surface area contributed by atoms with Gasteiger partial charge in [0, 0.05) is 5.92 Å². The molecule has 0 atom stereocenters. The summed E-state index contributed by atoms with van der Waals surface area (Å²) in [4.78, 5) is 0.273. The van der Waals surface area contributed by atoms with Crippen LogP contribution >= 0.6 is 0 Å². The molecule has 5 heteroatoms. The minimum absolute atomic E-state index is 0.273. The van der Waals surface area contributed by atoms with E-state index in [9.17, 15) is 8.42 Å². The molecular weight excluding hydrogens is 212 g/mol. The molecule has 1 fully saturated rings. The summed E-state index contributed by atoms with van der Waals surface area (Å²) in [5, 5.41) is 3.09. The van der Waals surface area contributed by atoms with Crippen LogP contribution in [0.2, 0.25) is 0 Å². The van der Waals surface area contributed by atoms with E-state index in [0.29, 0.717) is 17.4 Å². The predicted octanol–water partition coefficient (Wildman–Crippen LogP) is 1.61. The zero-order valence-electron chi connectivity index (χ0n) is 7.97. The molecule has 4 nitrogen and oxygen atoms in total. The molecule has 0 amide bonds. The fraction of sp³-hybridized carbons (Fsp3) is 0.300. The van der Waals surface area contributed by atoms with Gasteiger partial charge in [0.25, 0.3) is 10.0 Å². The maximum absolute atomic E-state index is 11.8. The Labute approximate surface area is 88.1 Å². The van der Waals surface area contributed by atoms with Gasteiger partial charge in [0.15, 0.2) is 0 Å². The maximum atomic E-state index is 11.8. The number of nitrogens with zero attached hydrogens (tertiary/aromatic N) is 1. The molecule has 1 aliphatic carbocycles. The van der Waals surface area contributed by atoms with Crippen LogP contribution < -0.4 is 5.32 Å². The molecule has 0 saturated heterocycles. The third kappa shape index (κ3) is 1.43. The average molecular weight is 222 g/mol. The number of sulfonamides is 1. The Morgan fingerprint density at radius 2 is 2.00 bits per heavy atom. The Morgan fingerprint density at radius 1 is 1.27 bits per heavy atom. The van der Waals surface area contributed by atoms with Crippen LogP contribution in [0.15, 0.2) is 33.6 Å². The molecule has 3 rings (SSSR count). The standard InChI is InChI=1S/C10H10N2O2S/c13-15(14)9-4-2-1-3-8(9)11-10(12-15)7-5-6-7/h1-4,7H,5-6H2,(H,11,12). The van der Waals surface area contributed by atoms with Crippen LogP contribution in [0.5, 0.6) is 0 Å². The largest absolute Gasteiger partial charge is 0.342 e. The lowest BCUT2D eigenvalue weighted by atomic mass is 10.3. The summed E-state index contributed by atoms with van der Waals surface area (Å²) in [6.07, 6.45) is 2.06. The number of fused-ring (bicyclic) bond motifs is 1. The minimum Gasteiger partial charge on any atom is -0.342 e. The molecule has 1 aromatic rings. The van der Waals surface area contributed by atoms with Crippen LogP contribution in [-0.2, 0) is 10.0 Å². The summed E-state index contributed by atoms with van der Waals surface area (Å²) < 4.78 is 27.4. The van der Waals surface area contributed by atoms with Gasteiger partial charge in [-0.3, -0.25) is 0 Å². The first-order valence-electron chi connectivity index (χ1n) is 4.88. The highest BCUT2D eigenvalue weighted by Gasteiger charge is 2.33. The zero-order chi connectivity index (χ0) is 10.5. The first-order valence-corrected chi connectivity index (χ1v) is 6.32. The van der Waals surface area contributed by atoms with E-state index in [1.807, 2.05) is 6.07 Å². The van der Waals surface area contributed by atoms with Gasteiger partial charge in [-0.1, -0.05) is 12.1 Å². The summed E-state index contributed by atoms with van der Waals surface area (Å²) in [6, 6.07) is 6.86. The second-order valence-electron chi connectivity index (χ2n) is 3.85. The number of hydrogen-bond donors (Lipinski definition) is 1. The van der Waals surface area contributed by atoms with Gasteiger partial charge >= 0.3 is 0 Å². The molecule has 1 saturated carbocycles. The molecule has 78 valence electrons. The third-order valence-electron chi connectivity index (χ3n) is 2.61. The second-order valence-corrected chi connectivity index (χ2v) is 5.42. The van der Waals surface area contributed by atoms with E-state index in [1.165, 1.54) is 0 Å². The van der Waals surface area contributed by atoms with E-state index in [2.05, 4.69) is 9.71 Å². The number of benzene rings is 1. The van der Waals surface area contributed by atoms with E-state index in [0.717, 1.165) is 12.8 Å². The lowest BCUT2D eigenvalue weighted by Crippen LogP contribution is -2.22. The number of amidine groups is 1. The Balaban J connectivity index is 2.16. The highest BCUT2D eigenvalue weighted by molar-refractivity contribution is 7.90. The van der Waals surface area contributed by atoms with Gasteiger partial charge in [-0.2, -0.15) is 8.42 Å². The van der Waals surface area contributed by atoms with Gasteiger partial charge in [0.05, 0.1) is 5.69 Å². The molecule has 15 heavy (non-hydrogen) atoms. The molecule has 0 bridgehead atoms. The Kier molecular flexibility index (Phi) is 1.68. The Morgan fingerprint density at radius 3 is 2.73 bits per heavy atom. The first kappa shape index (κ1) is 8.91. The SMILES string of the molecule is O=S1(=O)N=C(C2CC2)Nc2ccccc21. The van der Waals surface area contributed by atoms with Crippen LogP contribution in [-0.4, -0.2) is 14.3 Å². The quantitative estimate of drug-likeness (QED) is 0.785. The van der Waals surface area contributed by atoms with Gasteiger partial charge < -0.3 is 5.32 Å². The van der Waals surface area contributed by atoms with Gasteiger partial charge in [0.1, 0.15) is 10.7 Å². The monoisotopic (exact) mass is 222 g/mol. The molecule has 0 unspecified atom stereocenters. The van der Waals surface area contributed by atoms with Gasteiger partial charge in [-0.05, 0) is 25.0 Å². The number of para-hydroxylation sites is 1. The molecule has 1 N–H and O–H groups in total. The number of nitrogens with one attached hydrogen (secondary N) is 1. The molecule has 2 aliphatic rings. The van der Waals surface area contributed by atoms with E-state index >= 15 is 0 Å². The van der Waals surface area contributed by atoms with Crippen molar-refractivity contribution in [3.63, 3.8) is 0 Å². The van der Waals surface area contributed by atoms with Crippen molar-refractivity contribution in [2.75, 3.05) is 5.32 Å². The molecule has 1 aromatic carbocycles. The van der Waals surface area contributed by atoms with Crippen molar-refractivity contribution in [3.05, 3.63) is 24.3 Å². The van der Waals surface area contributed by atoms with Crippen LogP contribution in [0.25, 0.3) is 0 Å². The first-order chi connectivity index (χ1) is 7.17. The summed E-state index contributed by atoms with van der Waals surface area (Å²) in [5.41, 5.74) is 0.648. The van der Waals surface area contributed by atoms with E-state index in [1.54, 1.807) is 18.2 Å². The molecule has 0 radical (unpaired) electrons. The summed E-state index contributed by atoms with van der Waals surface area (Å²) in [5.74, 6) is 0.918. The minimum atomic E-state index is -3.47. The number of anilines is 1. The van der Waals surface area contributed by atoms with Gasteiger partial charge in [-0.15, -0.1) is 4.40 Å².